The van der Waals surface area contributed by atoms with Crippen LogP contribution in [0.1, 0.15) is 17.5 Å². The highest BCUT2D eigenvalue weighted by molar-refractivity contribution is 6.32. The Bertz CT molecular complexity index is 1910. The van der Waals surface area contributed by atoms with Gasteiger partial charge in [-0.1, -0.05) is 35.9 Å². The molecule has 1 fully saturated rings. The highest BCUT2D eigenvalue weighted by Gasteiger charge is 2.54. The van der Waals surface area contributed by atoms with Gasteiger partial charge >= 0.3 is 5.91 Å². The van der Waals surface area contributed by atoms with Gasteiger partial charge in [-0.05, 0) is 47.5 Å². The van der Waals surface area contributed by atoms with Crippen LogP contribution in [0.5, 0.6) is 5.75 Å². The number of carbonyl (C=O) groups is 2. The maximum atomic E-state index is 14.0. The van der Waals surface area contributed by atoms with Crippen molar-refractivity contribution in [2.24, 2.45) is 5.73 Å². The summed E-state index contributed by atoms with van der Waals surface area (Å²) in [6.45, 7) is 2.39. The molecule has 240 valence electrons. The molecular weight excluding hydrogens is 623 g/mol. The molecule has 6 bridgehead atoms. The fraction of sp³-hybridized carbons (Fsp3) is 0.265. The zero-order chi connectivity index (χ0) is 32.7. The summed E-state index contributed by atoms with van der Waals surface area (Å²) in [7, 11) is 0. The Kier molecular flexibility index (Phi) is 8.31. The predicted molar refractivity (Wildman–Crippen MR) is 174 cm³/mol. The molecule has 3 aromatic rings. The second-order valence-corrected chi connectivity index (χ2v) is 12.4. The zero-order valence-corrected chi connectivity index (χ0v) is 26.2. The largest absolute Gasteiger partial charge is 0.486 e. The minimum atomic E-state index is -0.454. The van der Waals surface area contributed by atoms with Gasteiger partial charge in [-0.3, -0.25) is 9.69 Å². The second-order valence-electron chi connectivity index (χ2n) is 12.0. The maximum absolute atomic E-state index is 14.0. The van der Waals surface area contributed by atoms with Gasteiger partial charge < -0.3 is 21.2 Å². The van der Waals surface area contributed by atoms with Crippen LogP contribution in [0.15, 0.2) is 84.9 Å². The van der Waals surface area contributed by atoms with Gasteiger partial charge in [0.1, 0.15) is 42.5 Å². The summed E-state index contributed by atoms with van der Waals surface area (Å²) >= 11 is 6.34. The second kappa shape index (κ2) is 12.7. The molecule has 2 atom stereocenters. The van der Waals surface area contributed by atoms with E-state index in [2.05, 4.69) is 9.67 Å². The summed E-state index contributed by atoms with van der Waals surface area (Å²) in [5.74, 6) is 0.430. The average molecular weight is 657 g/mol. The first-order chi connectivity index (χ1) is 22.7. The Hall–Kier alpha value is -4.91. The van der Waals surface area contributed by atoms with Crippen molar-refractivity contribution in [2.45, 2.75) is 18.6 Å². The lowest BCUT2D eigenvalue weighted by Gasteiger charge is -2.22. The number of benzene rings is 2. The van der Waals surface area contributed by atoms with Crippen LogP contribution in [-0.2, 0) is 9.59 Å². The van der Waals surface area contributed by atoms with E-state index in [4.69, 9.17) is 27.5 Å². The van der Waals surface area contributed by atoms with Gasteiger partial charge in [-0.15, -0.1) is 0 Å². The van der Waals surface area contributed by atoms with Crippen LogP contribution < -0.4 is 15.8 Å². The standard InChI is InChI=1S/C34H32ClFN8O3/c35-28-14-23(36)7-8-30(28)44-18-22(16-40-44)33-42-12-11-41(20-32(38)45)10-9-39-17-27-26(5-2-6-29(27)37)21-3-1-4-24(13-21)47-25-15-31(34(42)46)43(33)19-25/h1-8,13-14,16-18,25,31H,9-12,15,19-20H2,(H3-,37,38,39,45)/p+2/t25-,31-/m0/s1. The average Bonchev–Trinajstić information content (AvgIpc) is 3.74. The number of nitrogens with zero attached hydrogens (tertiary/aromatic N) is 5. The molecule has 4 aliphatic heterocycles. The fourth-order valence-electron chi connectivity index (χ4n) is 6.68. The molecule has 5 N–H and O–H groups in total. The molecule has 11 nitrogen and oxygen atoms in total. The first-order valence-corrected chi connectivity index (χ1v) is 15.9. The van der Waals surface area contributed by atoms with Crippen LogP contribution in [0.4, 0.5) is 4.39 Å². The minimum Gasteiger partial charge on any atom is -0.486 e. The number of nitrogens with one attached hydrogen (secondary N) is 1. The van der Waals surface area contributed by atoms with Crippen molar-refractivity contribution in [3.05, 3.63) is 107 Å². The number of amidine groups is 1. The molecule has 0 radical (unpaired) electrons. The summed E-state index contributed by atoms with van der Waals surface area (Å²) in [4.78, 5) is 29.8. The smallest absolute Gasteiger partial charge is 0.354 e. The van der Waals surface area contributed by atoms with Crippen LogP contribution in [0.3, 0.4) is 0 Å². The van der Waals surface area contributed by atoms with Crippen molar-refractivity contribution >= 4 is 40.5 Å². The van der Waals surface area contributed by atoms with Crippen molar-refractivity contribution in [3.8, 4) is 11.4 Å². The molecular formula is C34H34ClFN8O3+2. The first-order valence-electron chi connectivity index (χ1n) is 15.5. The number of carbonyl (C=O) groups excluding carboxylic acids is 2. The van der Waals surface area contributed by atoms with Crippen LogP contribution in [0, 0.1) is 11.2 Å². The number of hydrogen-bond acceptors (Lipinski definition) is 6. The van der Waals surface area contributed by atoms with Crippen molar-refractivity contribution in [3.63, 3.8) is 0 Å². The Morgan fingerprint density at radius 2 is 2.04 bits per heavy atom. The topological polar surface area (TPSA) is 137 Å². The Labute approximate surface area is 275 Å². The van der Waals surface area contributed by atoms with E-state index in [1.165, 1.54) is 12.1 Å². The number of halogens is 2. The van der Waals surface area contributed by atoms with Crippen molar-refractivity contribution < 1.29 is 28.6 Å². The number of rotatable bonds is 4. The monoisotopic (exact) mass is 656 g/mol. The van der Waals surface area contributed by atoms with Gasteiger partial charge in [0.15, 0.2) is 0 Å². The molecule has 0 unspecified atom stereocenters. The molecule has 2 amide bonds. The Morgan fingerprint density at radius 3 is 2.87 bits per heavy atom. The highest BCUT2D eigenvalue weighted by Crippen LogP contribution is 2.32. The summed E-state index contributed by atoms with van der Waals surface area (Å²) in [5, 5.41) is 15.3. The molecule has 0 spiro atoms. The van der Waals surface area contributed by atoms with E-state index in [-0.39, 0.29) is 23.6 Å². The van der Waals surface area contributed by atoms with E-state index >= 15 is 0 Å². The number of nitrogens with two attached hydrogens (primary N) is 2. The van der Waals surface area contributed by atoms with Crippen molar-refractivity contribution in [1.29, 1.82) is 5.41 Å². The number of allylic oxidation sites excluding steroid dienone is 5. The van der Waals surface area contributed by atoms with Crippen molar-refractivity contribution in [1.82, 2.24) is 19.6 Å². The van der Waals surface area contributed by atoms with Crippen LogP contribution in [0.25, 0.3) is 11.3 Å². The lowest BCUT2D eigenvalue weighted by molar-refractivity contribution is -0.587. The molecule has 5 heterocycles. The summed E-state index contributed by atoms with van der Waals surface area (Å²) in [5.41, 5.74) is 9.89. The van der Waals surface area contributed by atoms with Gasteiger partial charge in [-0.2, -0.15) is 10.00 Å². The number of amides is 2. The lowest BCUT2D eigenvalue weighted by Crippen LogP contribution is -2.80. The molecule has 5 aliphatic rings. The predicted octanol–water partition coefficient (Wildman–Crippen LogP) is 1.71. The molecule has 1 saturated heterocycles. The maximum Gasteiger partial charge on any atom is 0.354 e. The number of quaternary nitrogens is 1. The number of ether oxygens (including phenoxy) is 1. The number of primary amides is 1. The number of hydrogen-bond donors (Lipinski definition) is 3. The summed E-state index contributed by atoms with van der Waals surface area (Å²) < 4.78 is 23.9. The van der Waals surface area contributed by atoms with E-state index < -0.39 is 17.8 Å². The van der Waals surface area contributed by atoms with Crippen LogP contribution >= 0.6 is 11.6 Å². The highest BCUT2D eigenvalue weighted by atomic mass is 35.5. The number of fused-ring (bicyclic) bond motifs is 6. The van der Waals surface area contributed by atoms with Gasteiger partial charge in [-0.25, -0.2) is 18.4 Å². The van der Waals surface area contributed by atoms with E-state index in [0.29, 0.717) is 67.7 Å². The van der Waals surface area contributed by atoms with Crippen LogP contribution in [-0.4, -0.2) is 98.9 Å². The molecule has 2 aromatic carbocycles. The number of aromatic nitrogens is 2. The lowest BCUT2D eigenvalue weighted by atomic mass is 9.91. The molecule has 1 aliphatic carbocycles. The summed E-state index contributed by atoms with van der Waals surface area (Å²) in [6, 6.07) is 11.5. The van der Waals surface area contributed by atoms with Gasteiger partial charge in [0, 0.05) is 25.7 Å². The van der Waals surface area contributed by atoms with Gasteiger partial charge in [0.25, 0.3) is 5.84 Å². The van der Waals surface area contributed by atoms with E-state index in [1.807, 2.05) is 52.8 Å². The van der Waals surface area contributed by atoms with Crippen LogP contribution in [0.2, 0.25) is 5.02 Å². The van der Waals surface area contributed by atoms with E-state index in [1.54, 1.807) is 34.1 Å². The first kappa shape index (κ1) is 30.7. The zero-order valence-electron chi connectivity index (χ0n) is 25.5. The van der Waals surface area contributed by atoms with Gasteiger partial charge in [0.2, 0.25) is 11.9 Å². The SMILES string of the molecule is N=C1C=CC=C2/C1=C/[NH2+]CCN(CC(N)=O)CCN1C(=O)[C@@H]3C[C@@H](C[N+]3=C1c1cnn(-c3ccc(F)cc3Cl)c1)Oc1cccc2c1. The molecule has 13 heteroatoms. The quantitative estimate of drug-likeness (QED) is 0.368. The molecule has 47 heavy (non-hydrogen) atoms. The van der Waals surface area contributed by atoms with E-state index in [9.17, 15) is 14.0 Å². The third-order valence-corrected chi connectivity index (χ3v) is 9.11. The normalized spacial score (nSPS) is 22.8. The van der Waals surface area contributed by atoms with E-state index in [0.717, 1.165) is 16.7 Å². The minimum absolute atomic E-state index is 0.0440. The Balaban J connectivity index is 1.27. The third kappa shape index (κ3) is 6.14. The molecule has 0 saturated carbocycles. The molecule has 1 aromatic heterocycles. The van der Waals surface area contributed by atoms with Crippen molar-refractivity contribution in [2.75, 3.05) is 39.3 Å². The Morgan fingerprint density at radius 1 is 1.17 bits per heavy atom. The third-order valence-electron chi connectivity index (χ3n) is 8.81. The summed E-state index contributed by atoms with van der Waals surface area (Å²) in [6.07, 6.45) is 11.3. The fourth-order valence-corrected chi connectivity index (χ4v) is 6.93. The van der Waals surface area contributed by atoms with Gasteiger partial charge in [0.05, 0.1) is 41.3 Å². The molecule has 8 rings (SSSR count).